The van der Waals surface area contributed by atoms with Crippen molar-refractivity contribution in [3.05, 3.63) is 23.8 Å². The average molecular weight is 340 g/mol. The molecule has 0 unspecified atom stereocenters. The quantitative estimate of drug-likeness (QED) is 0.709. The molecule has 3 N–H and O–H groups in total. The molecule has 1 aliphatic rings. The summed E-state index contributed by atoms with van der Waals surface area (Å²) in [6.07, 6.45) is 4.51. The van der Waals surface area contributed by atoms with Gasteiger partial charge in [0.05, 0.1) is 11.3 Å². The Morgan fingerprint density at radius 3 is 2.57 bits per heavy atom. The van der Waals surface area contributed by atoms with E-state index in [9.17, 15) is 13.2 Å². The zero-order chi connectivity index (χ0) is 17.0. The van der Waals surface area contributed by atoms with Crippen LogP contribution in [0, 0.1) is 0 Å². The van der Waals surface area contributed by atoms with Crippen molar-refractivity contribution in [1.82, 2.24) is 4.72 Å². The minimum absolute atomic E-state index is 0.00426. The average Bonchev–Trinajstić information content (AvgIpc) is 2.99. The number of sulfonamides is 1. The van der Waals surface area contributed by atoms with Crippen LogP contribution in [0.2, 0.25) is 0 Å². The summed E-state index contributed by atoms with van der Waals surface area (Å²) in [5.41, 5.74) is 0.404. The van der Waals surface area contributed by atoms with Crippen molar-refractivity contribution in [3.8, 4) is 0 Å². The molecule has 1 fully saturated rings. The molecule has 0 aromatic heterocycles. The predicted molar refractivity (Wildman–Crippen MR) is 89.4 cm³/mol. The molecule has 0 amide bonds. The summed E-state index contributed by atoms with van der Waals surface area (Å²) >= 11 is 0. The lowest BCUT2D eigenvalue weighted by Crippen LogP contribution is -2.33. The van der Waals surface area contributed by atoms with Crippen molar-refractivity contribution in [2.24, 2.45) is 0 Å². The van der Waals surface area contributed by atoms with Crippen molar-refractivity contribution in [3.63, 3.8) is 0 Å². The summed E-state index contributed by atoms with van der Waals surface area (Å²) in [5, 5.41) is 12.3. The fourth-order valence-corrected chi connectivity index (χ4v) is 4.19. The Morgan fingerprint density at radius 2 is 2.00 bits per heavy atom. The predicted octanol–water partition coefficient (Wildman–Crippen LogP) is 2.82. The van der Waals surface area contributed by atoms with Gasteiger partial charge in [0.2, 0.25) is 10.0 Å². The number of benzene rings is 1. The first-order chi connectivity index (χ1) is 10.8. The van der Waals surface area contributed by atoms with Crippen molar-refractivity contribution in [2.45, 2.75) is 62.9 Å². The molecule has 0 saturated heterocycles. The number of rotatable bonds is 7. The fourth-order valence-electron chi connectivity index (χ4n) is 2.69. The van der Waals surface area contributed by atoms with Gasteiger partial charge in [-0.2, -0.15) is 0 Å². The third kappa shape index (κ3) is 4.45. The molecule has 2 rings (SSSR count). The van der Waals surface area contributed by atoms with Gasteiger partial charge in [-0.15, -0.1) is 0 Å². The second-order valence-electron chi connectivity index (χ2n) is 6.07. The van der Waals surface area contributed by atoms with Gasteiger partial charge in [0.15, 0.2) is 0 Å². The van der Waals surface area contributed by atoms with Crippen molar-refractivity contribution < 1.29 is 18.3 Å². The van der Waals surface area contributed by atoms with Crippen LogP contribution in [0.1, 0.15) is 56.3 Å². The molecule has 0 spiro atoms. The molecule has 7 heteroatoms. The maximum Gasteiger partial charge on any atom is 0.335 e. The summed E-state index contributed by atoms with van der Waals surface area (Å²) in [6, 6.07) is 4.20. The number of carboxylic acids is 1. The standard InChI is InChI=1S/C16H24N2O4S/c1-3-11(2)17-14-9-8-12(16(19)20)10-15(14)23(21,22)18-13-6-4-5-7-13/h8-11,13,17-18H,3-7H2,1-2H3,(H,19,20)/t11-/m0/s1. The maximum atomic E-state index is 12.7. The molecule has 1 aromatic rings. The molecule has 1 aromatic carbocycles. The normalized spacial score (nSPS) is 17.1. The van der Waals surface area contributed by atoms with Crippen molar-refractivity contribution in [2.75, 3.05) is 5.32 Å². The maximum absolute atomic E-state index is 12.7. The van der Waals surface area contributed by atoms with E-state index in [0.717, 1.165) is 32.1 Å². The Balaban J connectivity index is 2.38. The van der Waals surface area contributed by atoms with Crippen LogP contribution in [0.3, 0.4) is 0 Å². The Kier molecular flexibility index (Phi) is 5.64. The van der Waals surface area contributed by atoms with E-state index in [2.05, 4.69) is 10.0 Å². The first kappa shape index (κ1) is 17.7. The minimum atomic E-state index is -3.76. The molecule has 0 aliphatic heterocycles. The number of hydrogen-bond donors (Lipinski definition) is 3. The molecule has 6 nitrogen and oxygen atoms in total. The summed E-state index contributed by atoms with van der Waals surface area (Å²) in [4.78, 5) is 11.2. The van der Waals surface area contributed by atoms with E-state index in [4.69, 9.17) is 5.11 Å². The number of carbonyl (C=O) groups is 1. The second kappa shape index (κ2) is 7.31. The zero-order valence-corrected chi connectivity index (χ0v) is 14.3. The van der Waals surface area contributed by atoms with Crippen LogP contribution in [0.4, 0.5) is 5.69 Å². The van der Waals surface area contributed by atoms with Gasteiger partial charge in [0.25, 0.3) is 0 Å². The highest BCUT2D eigenvalue weighted by atomic mass is 32.2. The zero-order valence-electron chi connectivity index (χ0n) is 13.5. The number of nitrogens with one attached hydrogen (secondary N) is 2. The first-order valence-electron chi connectivity index (χ1n) is 7.99. The highest BCUT2D eigenvalue weighted by molar-refractivity contribution is 7.89. The summed E-state index contributed by atoms with van der Waals surface area (Å²) in [7, 11) is -3.76. The molecule has 0 bridgehead atoms. The molecule has 0 heterocycles. The number of carboxylic acid groups (broad SMARTS) is 1. The Bertz CT molecular complexity index is 667. The van der Waals surface area contributed by atoms with E-state index in [-0.39, 0.29) is 22.5 Å². The van der Waals surface area contributed by atoms with Crippen LogP contribution in [0.5, 0.6) is 0 Å². The van der Waals surface area contributed by atoms with Gasteiger partial charge in [0.1, 0.15) is 4.90 Å². The summed E-state index contributed by atoms with van der Waals surface area (Å²) < 4.78 is 28.1. The van der Waals surface area contributed by atoms with E-state index in [1.807, 2.05) is 13.8 Å². The Morgan fingerprint density at radius 1 is 1.35 bits per heavy atom. The van der Waals surface area contributed by atoms with Gasteiger partial charge in [-0.1, -0.05) is 19.8 Å². The van der Waals surface area contributed by atoms with E-state index in [1.165, 1.54) is 18.2 Å². The van der Waals surface area contributed by atoms with E-state index >= 15 is 0 Å². The number of hydrogen-bond acceptors (Lipinski definition) is 4. The number of anilines is 1. The summed E-state index contributed by atoms with van der Waals surface area (Å²) in [6.45, 7) is 3.94. The smallest absolute Gasteiger partial charge is 0.335 e. The second-order valence-corrected chi connectivity index (χ2v) is 7.75. The molecule has 23 heavy (non-hydrogen) atoms. The van der Waals surface area contributed by atoms with Crippen LogP contribution in [-0.2, 0) is 10.0 Å². The third-order valence-corrected chi connectivity index (χ3v) is 5.77. The van der Waals surface area contributed by atoms with E-state index < -0.39 is 16.0 Å². The molecule has 0 radical (unpaired) electrons. The van der Waals surface area contributed by atoms with Crippen molar-refractivity contribution in [1.29, 1.82) is 0 Å². The van der Waals surface area contributed by atoms with Crippen LogP contribution in [0.25, 0.3) is 0 Å². The van der Waals surface area contributed by atoms with Gasteiger partial charge in [0, 0.05) is 12.1 Å². The van der Waals surface area contributed by atoms with Gasteiger partial charge < -0.3 is 10.4 Å². The molecular weight excluding hydrogens is 316 g/mol. The van der Waals surface area contributed by atoms with Crippen LogP contribution < -0.4 is 10.0 Å². The number of aromatic carboxylic acids is 1. The molecule has 1 saturated carbocycles. The minimum Gasteiger partial charge on any atom is -0.478 e. The van der Waals surface area contributed by atoms with Crippen LogP contribution >= 0.6 is 0 Å². The van der Waals surface area contributed by atoms with Gasteiger partial charge >= 0.3 is 5.97 Å². The van der Waals surface area contributed by atoms with Crippen LogP contribution in [0.15, 0.2) is 23.1 Å². The first-order valence-corrected chi connectivity index (χ1v) is 9.48. The third-order valence-electron chi connectivity index (χ3n) is 4.21. The van der Waals surface area contributed by atoms with Gasteiger partial charge in [-0.25, -0.2) is 17.9 Å². The molecular formula is C16H24N2O4S. The Labute approximate surface area is 137 Å². The van der Waals surface area contributed by atoms with Gasteiger partial charge in [-0.3, -0.25) is 0 Å². The van der Waals surface area contributed by atoms with Crippen molar-refractivity contribution >= 4 is 21.7 Å². The highest BCUT2D eigenvalue weighted by Gasteiger charge is 2.26. The SMILES string of the molecule is CC[C@H](C)Nc1ccc(C(=O)O)cc1S(=O)(=O)NC1CCCC1. The molecule has 1 atom stereocenters. The Hall–Kier alpha value is -1.60. The summed E-state index contributed by atoms with van der Waals surface area (Å²) in [5.74, 6) is -1.14. The lowest BCUT2D eigenvalue weighted by molar-refractivity contribution is 0.0696. The van der Waals surface area contributed by atoms with Gasteiger partial charge in [-0.05, 0) is 44.4 Å². The lowest BCUT2D eigenvalue weighted by Gasteiger charge is -2.19. The largest absolute Gasteiger partial charge is 0.478 e. The van der Waals surface area contributed by atoms with E-state index in [0.29, 0.717) is 5.69 Å². The topological polar surface area (TPSA) is 95.5 Å². The van der Waals surface area contributed by atoms with Crippen LogP contribution in [-0.4, -0.2) is 31.6 Å². The monoisotopic (exact) mass is 340 g/mol. The van der Waals surface area contributed by atoms with E-state index in [1.54, 1.807) is 0 Å². The lowest BCUT2D eigenvalue weighted by atomic mass is 10.2. The molecule has 1 aliphatic carbocycles. The molecule has 128 valence electrons. The fraction of sp³-hybridized carbons (Fsp3) is 0.562. The highest BCUT2D eigenvalue weighted by Crippen LogP contribution is 2.26.